The van der Waals surface area contributed by atoms with Crippen molar-refractivity contribution in [1.82, 2.24) is 20.4 Å². The molecule has 0 aliphatic carbocycles. The summed E-state index contributed by atoms with van der Waals surface area (Å²) < 4.78 is 0. The predicted octanol–water partition coefficient (Wildman–Crippen LogP) is 1.53. The van der Waals surface area contributed by atoms with Gasteiger partial charge in [0.1, 0.15) is 6.29 Å². The van der Waals surface area contributed by atoms with E-state index >= 15 is 0 Å². The molecule has 2 aromatic rings. The topological polar surface area (TPSA) is 95.2 Å². The lowest BCUT2D eigenvalue weighted by Crippen LogP contribution is -2.48. The number of unbranched alkanes of at least 4 members (excludes halogenated alkanes) is 1. The zero-order valence-electron chi connectivity index (χ0n) is 12.7. The second-order valence-corrected chi connectivity index (χ2v) is 5.64. The highest BCUT2D eigenvalue weighted by Crippen LogP contribution is 2.20. The Morgan fingerprint density at radius 2 is 2.17 bits per heavy atom. The third-order valence-electron chi connectivity index (χ3n) is 3.98. The first-order valence-corrected chi connectivity index (χ1v) is 7.65. The minimum Gasteiger partial charge on any atom is -0.318 e. The lowest BCUT2D eigenvalue weighted by molar-refractivity contribution is -0.121. The summed E-state index contributed by atoms with van der Waals surface area (Å²) in [6.07, 6.45) is 3.48. The van der Waals surface area contributed by atoms with Crippen LogP contribution >= 0.6 is 0 Å². The number of carbonyl (C=O) groups is 3. The van der Waals surface area contributed by atoms with Gasteiger partial charge in [0.25, 0.3) is 0 Å². The third-order valence-corrected chi connectivity index (χ3v) is 3.98. The maximum absolute atomic E-state index is 11.8. The standard InChI is InChI=1S/C16H18N4O3/c21-8-2-1-3-11-4-5-12-13(9-11)18-19-14(12)10-20-7-6-15(22)17-16(20)23/h4-5,8-9H,1-3,6-7,10H2,(H,18,19)(H,17,22,23). The quantitative estimate of drug-likeness (QED) is 0.624. The van der Waals surface area contributed by atoms with E-state index in [1.54, 1.807) is 4.90 Å². The molecule has 2 N–H and O–H groups in total. The van der Waals surface area contributed by atoms with Crippen molar-refractivity contribution >= 4 is 29.1 Å². The van der Waals surface area contributed by atoms with Gasteiger partial charge in [-0.15, -0.1) is 0 Å². The number of H-pyrrole nitrogens is 1. The molecule has 0 bridgehead atoms. The van der Waals surface area contributed by atoms with E-state index in [2.05, 4.69) is 15.5 Å². The molecular formula is C16H18N4O3. The van der Waals surface area contributed by atoms with Gasteiger partial charge in [0.2, 0.25) is 5.91 Å². The molecule has 0 atom stereocenters. The Labute approximate surface area is 133 Å². The van der Waals surface area contributed by atoms with Crippen LogP contribution in [0.1, 0.15) is 30.5 Å². The number of hydrogen-bond donors (Lipinski definition) is 2. The van der Waals surface area contributed by atoms with Gasteiger partial charge in [-0.3, -0.25) is 15.2 Å². The van der Waals surface area contributed by atoms with Crippen molar-refractivity contribution < 1.29 is 14.4 Å². The van der Waals surface area contributed by atoms with Crippen LogP contribution in [0.15, 0.2) is 18.2 Å². The number of urea groups is 1. The van der Waals surface area contributed by atoms with Gasteiger partial charge in [-0.05, 0) is 24.5 Å². The minimum atomic E-state index is -0.366. The van der Waals surface area contributed by atoms with Gasteiger partial charge in [-0.2, -0.15) is 5.10 Å². The number of benzene rings is 1. The van der Waals surface area contributed by atoms with Gasteiger partial charge in [0, 0.05) is 24.8 Å². The minimum absolute atomic E-state index is 0.235. The molecule has 3 amide bonds. The van der Waals surface area contributed by atoms with Gasteiger partial charge in [0.05, 0.1) is 17.8 Å². The number of nitrogens with zero attached hydrogens (tertiary/aromatic N) is 2. The fourth-order valence-corrected chi connectivity index (χ4v) is 2.72. The van der Waals surface area contributed by atoms with E-state index < -0.39 is 0 Å². The Hall–Kier alpha value is -2.70. The highest BCUT2D eigenvalue weighted by atomic mass is 16.2. The van der Waals surface area contributed by atoms with Crippen molar-refractivity contribution in [2.24, 2.45) is 0 Å². The van der Waals surface area contributed by atoms with Crippen LogP contribution in [0, 0.1) is 0 Å². The summed E-state index contributed by atoms with van der Waals surface area (Å²) in [5.41, 5.74) is 2.83. The molecule has 1 aliphatic heterocycles. The number of carbonyl (C=O) groups excluding carboxylic acids is 3. The first-order chi connectivity index (χ1) is 11.2. The van der Waals surface area contributed by atoms with Crippen LogP contribution in [-0.4, -0.2) is 39.9 Å². The molecule has 0 radical (unpaired) electrons. The molecule has 1 aliphatic rings. The number of nitrogens with one attached hydrogen (secondary N) is 2. The Morgan fingerprint density at radius 3 is 2.96 bits per heavy atom. The summed E-state index contributed by atoms with van der Waals surface area (Å²) in [5.74, 6) is -0.235. The molecule has 7 nitrogen and oxygen atoms in total. The van der Waals surface area contributed by atoms with E-state index in [0.717, 1.165) is 41.3 Å². The van der Waals surface area contributed by atoms with Crippen LogP contribution in [0.25, 0.3) is 10.9 Å². The molecule has 2 heterocycles. The van der Waals surface area contributed by atoms with E-state index in [4.69, 9.17) is 0 Å². The summed E-state index contributed by atoms with van der Waals surface area (Å²) in [6, 6.07) is 5.64. The normalized spacial score (nSPS) is 15.0. The number of aromatic amines is 1. The smallest absolute Gasteiger partial charge is 0.318 e. The molecule has 0 unspecified atom stereocenters. The monoisotopic (exact) mass is 314 g/mol. The van der Waals surface area contributed by atoms with Gasteiger partial charge in [-0.25, -0.2) is 4.79 Å². The van der Waals surface area contributed by atoms with Crippen LogP contribution in [0.5, 0.6) is 0 Å². The lowest BCUT2D eigenvalue weighted by atomic mass is 10.1. The van der Waals surface area contributed by atoms with Crippen LogP contribution < -0.4 is 5.32 Å². The fraction of sp³-hybridized carbons (Fsp3) is 0.375. The number of hydrogen-bond acceptors (Lipinski definition) is 4. The molecule has 23 heavy (non-hydrogen) atoms. The molecule has 7 heteroatoms. The van der Waals surface area contributed by atoms with Crippen molar-refractivity contribution in [2.75, 3.05) is 6.54 Å². The Balaban J connectivity index is 1.73. The second kappa shape index (κ2) is 6.60. The number of aldehydes is 1. The molecule has 120 valence electrons. The molecule has 0 saturated carbocycles. The average Bonchev–Trinajstić information content (AvgIpc) is 2.93. The van der Waals surface area contributed by atoms with Crippen LogP contribution in [-0.2, 0) is 22.6 Å². The molecule has 1 aromatic carbocycles. The average molecular weight is 314 g/mol. The van der Waals surface area contributed by atoms with Crippen molar-refractivity contribution in [3.8, 4) is 0 Å². The fourth-order valence-electron chi connectivity index (χ4n) is 2.72. The Bertz CT molecular complexity index is 753. The number of fused-ring (bicyclic) bond motifs is 1. The summed E-state index contributed by atoms with van der Waals surface area (Å²) in [4.78, 5) is 34.9. The second-order valence-electron chi connectivity index (χ2n) is 5.64. The number of aromatic nitrogens is 2. The molecule has 1 fully saturated rings. The predicted molar refractivity (Wildman–Crippen MR) is 83.7 cm³/mol. The highest BCUT2D eigenvalue weighted by Gasteiger charge is 2.23. The van der Waals surface area contributed by atoms with E-state index in [0.29, 0.717) is 25.9 Å². The molecule has 3 rings (SSSR count). The zero-order chi connectivity index (χ0) is 16.2. The van der Waals surface area contributed by atoms with Gasteiger partial charge in [0.15, 0.2) is 0 Å². The Morgan fingerprint density at radius 1 is 1.30 bits per heavy atom. The van der Waals surface area contributed by atoms with Gasteiger partial charge >= 0.3 is 6.03 Å². The van der Waals surface area contributed by atoms with E-state index in [9.17, 15) is 14.4 Å². The van der Waals surface area contributed by atoms with E-state index in [1.165, 1.54) is 0 Å². The highest BCUT2D eigenvalue weighted by molar-refractivity contribution is 5.96. The van der Waals surface area contributed by atoms with E-state index in [1.807, 2.05) is 18.2 Å². The van der Waals surface area contributed by atoms with Crippen LogP contribution in [0.2, 0.25) is 0 Å². The lowest BCUT2D eigenvalue weighted by Gasteiger charge is -2.25. The maximum atomic E-state index is 11.8. The van der Waals surface area contributed by atoms with Crippen molar-refractivity contribution in [2.45, 2.75) is 32.2 Å². The zero-order valence-corrected chi connectivity index (χ0v) is 12.7. The van der Waals surface area contributed by atoms with E-state index in [-0.39, 0.29) is 11.9 Å². The summed E-state index contributed by atoms with van der Waals surface area (Å²) in [6.45, 7) is 0.801. The van der Waals surface area contributed by atoms with Crippen LogP contribution in [0.3, 0.4) is 0 Å². The van der Waals surface area contributed by atoms with Crippen molar-refractivity contribution in [3.05, 3.63) is 29.5 Å². The van der Waals surface area contributed by atoms with Crippen molar-refractivity contribution in [3.63, 3.8) is 0 Å². The third kappa shape index (κ3) is 3.39. The number of amides is 3. The molecule has 1 saturated heterocycles. The SMILES string of the molecule is O=CCCCc1ccc2c(CN3CCC(=O)NC3=O)[nH]nc2c1. The van der Waals surface area contributed by atoms with Gasteiger partial charge in [-0.1, -0.05) is 12.1 Å². The van der Waals surface area contributed by atoms with Gasteiger partial charge < -0.3 is 9.69 Å². The largest absolute Gasteiger partial charge is 0.324 e. The van der Waals surface area contributed by atoms with Crippen LogP contribution in [0.4, 0.5) is 4.79 Å². The molecule has 1 aromatic heterocycles. The summed E-state index contributed by atoms with van der Waals surface area (Å²) in [5, 5.41) is 10.5. The molecular weight excluding hydrogens is 296 g/mol. The maximum Gasteiger partial charge on any atom is 0.324 e. The number of imide groups is 1. The summed E-state index contributed by atoms with van der Waals surface area (Å²) >= 11 is 0. The molecule has 0 spiro atoms. The van der Waals surface area contributed by atoms with Crippen molar-refractivity contribution in [1.29, 1.82) is 0 Å². The summed E-state index contributed by atoms with van der Waals surface area (Å²) in [7, 11) is 0. The first kappa shape index (κ1) is 15.2. The Kier molecular flexibility index (Phi) is 4.36. The number of aryl methyl sites for hydroxylation is 1. The first-order valence-electron chi connectivity index (χ1n) is 7.65. The number of rotatable bonds is 6.